The first kappa shape index (κ1) is 7.85. The van der Waals surface area contributed by atoms with Crippen LogP contribution in [0.3, 0.4) is 0 Å². The molecule has 0 spiro atoms. The molecular formula is C10H10OS. The van der Waals surface area contributed by atoms with Gasteiger partial charge in [-0.3, -0.25) is 0 Å². The largest absolute Gasteiger partial charge is 0.372 e. The highest BCUT2D eigenvalue weighted by atomic mass is 32.1. The normalized spacial score (nSPS) is 21.3. The van der Waals surface area contributed by atoms with Gasteiger partial charge in [0.15, 0.2) is 5.60 Å². The van der Waals surface area contributed by atoms with Crippen molar-refractivity contribution in [1.29, 1.82) is 0 Å². The second kappa shape index (κ2) is 2.62. The number of aliphatic hydroxyl groups is 1. The smallest absolute Gasteiger partial charge is 0.162 e. The second-order valence-corrected chi connectivity index (χ2v) is 4.11. The molecule has 1 aliphatic rings. The van der Waals surface area contributed by atoms with Crippen LogP contribution in [0.5, 0.6) is 0 Å². The minimum absolute atomic E-state index is 0.293. The first-order valence-electron chi connectivity index (χ1n) is 4.01. The van der Waals surface area contributed by atoms with Gasteiger partial charge in [-0.15, -0.1) is 17.8 Å². The van der Waals surface area contributed by atoms with E-state index < -0.39 is 5.60 Å². The van der Waals surface area contributed by atoms with Crippen molar-refractivity contribution in [3.05, 3.63) is 22.4 Å². The molecule has 2 heteroatoms. The molecule has 0 saturated heterocycles. The Kier molecular flexibility index (Phi) is 1.71. The zero-order valence-electron chi connectivity index (χ0n) is 6.66. The van der Waals surface area contributed by atoms with E-state index >= 15 is 0 Å². The molecule has 62 valence electrons. The molecule has 0 amide bonds. The zero-order valence-corrected chi connectivity index (χ0v) is 7.47. The van der Waals surface area contributed by atoms with Crippen LogP contribution in [0.1, 0.15) is 17.7 Å². The Morgan fingerprint density at radius 2 is 2.42 bits per heavy atom. The molecule has 1 nitrogen and oxygen atoms in total. The molecule has 1 aromatic rings. The lowest BCUT2D eigenvalue weighted by molar-refractivity contribution is 0.0797. The molecule has 0 aliphatic heterocycles. The Morgan fingerprint density at radius 1 is 1.67 bits per heavy atom. The fourth-order valence-corrected chi connectivity index (χ4v) is 2.25. The van der Waals surface area contributed by atoms with Crippen LogP contribution >= 0.6 is 11.3 Å². The maximum Gasteiger partial charge on any atom is 0.162 e. The molecule has 1 aromatic heterocycles. The molecule has 2 rings (SSSR count). The minimum Gasteiger partial charge on any atom is -0.372 e. The van der Waals surface area contributed by atoms with Gasteiger partial charge in [0.1, 0.15) is 0 Å². The van der Waals surface area contributed by atoms with E-state index in [-0.39, 0.29) is 0 Å². The summed E-state index contributed by atoms with van der Waals surface area (Å²) in [4.78, 5) is 0.910. The lowest BCUT2D eigenvalue weighted by Crippen LogP contribution is -2.24. The highest BCUT2D eigenvalue weighted by Crippen LogP contribution is 2.46. The highest BCUT2D eigenvalue weighted by Gasteiger charge is 2.44. The molecule has 1 unspecified atom stereocenters. The molecule has 1 fully saturated rings. The van der Waals surface area contributed by atoms with Crippen LogP contribution in [0.2, 0.25) is 0 Å². The summed E-state index contributed by atoms with van der Waals surface area (Å²) in [5.41, 5.74) is -0.978. The standard InChI is InChI=1S/C10H10OS/c1-2-10(11,8-5-6-8)9-4-3-7-12-9/h1,3-4,7-8,11H,5-6H2. The van der Waals surface area contributed by atoms with E-state index in [0.717, 1.165) is 17.7 Å². The summed E-state index contributed by atoms with van der Waals surface area (Å²) >= 11 is 1.53. The van der Waals surface area contributed by atoms with Crippen LogP contribution in [0.15, 0.2) is 17.5 Å². The molecule has 1 atom stereocenters. The fourth-order valence-electron chi connectivity index (χ4n) is 1.39. The Labute approximate surface area is 76.0 Å². The SMILES string of the molecule is C#CC(O)(c1cccs1)C1CC1. The van der Waals surface area contributed by atoms with Crippen LogP contribution in [-0.4, -0.2) is 5.11 Å². The number of rotatable bonds is 2. The molecule has 1 N–H and O–H groups in total. The van der Waals surface area contributed by atoms with Gasteiger partial charge in [-0.2, -0.15) is 0 Å². The summed E-state index contributed by atoms with van der Waals surface area (Å²) < 4.78 is 0. The Hall–Kier alpha value is -0.780. The molecule has 0 bridgehead atoms. The van der Waals surface area contributed by atoms with Crippen LogP contribution < -0.4 is 0 Å². The van der Waals surface area contributed by atoms with Crippen molar-refractivity contribution >= 4 is 11.3 Å². The summed E-state index contributed by atoms with van der Waals surface area (Å²) in [6.45, 7) is 0. The van der Waals surface area contributed by atoms with Gasteiger partial charge < -0.3 is 5.11 Å². The van der Waals surface area contributed by atoms with Gasteiger partial charge >= 0.3 is 0 Å². The van der Waals surface area contributed by atoms with E-state index in [0.29, 0.717) is 5.92 Å². The molecular weight excluding hydrogens is 168 g/mol. The molecule has 1 saturated carbocycles. The highest BCUT2D eigenvalue weighted by molar-refractivity contribution is 7.10. The number of hydrogen-bond acceptors (Lipinski definition) is 2. The summed E-state index contributed by atoms with van der Waals surface area (Å²) in [5, 5.41) is 12.0. The Morgan fingerprint density at radius 3 is 2.83 bits per heavy atom. The number of terminal acetylenes is 1. The third kappa shape index (κ3) is 1.06. The topological polar surface area (TPSA) is 20.2 Å². The average Bonchev–Trinajstić information content (AvgIpc) is 2.80. The van der Waals surface area contributed by atoms with Crippen molar-refractivity contribution in [1.82, 2.24) is 0 Å². The van der Waals surface area contributed by atoms with Gasteiger partial charge in [-0.25, -0.2) is 0 Å². The zero-order chi connectivity index (χ0) is 8.60. The summed E-state index contributed by atoms with van der Waals surface area (Å²) in [6.07, 6.45) is 7.45. The molecule has 0 aromatic carbocycles. The van der Waals surface area contributed by atoms with E-state index in [9.17, 15) is 5.11 Å². The van der Waals surface area contributed by atoms with Gasteiger partial charge in [0.2, 0.25) is 0 Å². The van der Waals surface area contributed by atoms with Crippen molar-refractivity contribution in [2.75, 3.05) is 0 Å². The quantitative estimate of drug-likeness (QED) is 0.686. The average molecular weight is 178 g/mol. The van der Waals surface area contributed by atoms with Gasteiger partial charge in [0.05, 0.1) is 0 Å². The Bertz CT molecular complexity index is 305. The van der Waals surface area contributed by atoms with Crippen molar-refractivity contribution in [2.24, 2.45) is 5.92 Å². The van der Waals surface area contributed by atoms with Crippen LogP contribution in [-0.2, 0) is 5.60 Å². The third-order valence-electron chi connectivity index (χ3n) is 2.29. The summed E-state index contributed by atoms with van der Waals surface area (Å²) in [7, 11) is 0. The van der Waals surface area contributed by atoms with Gasteiger partial charge in [0, 0.05) is 10.8 Å². The van der Waals surface area contributed by atoms with Crippen molar-refractivity contribution < 1.29 is 5.11 Å². The van der Waals surface area contributed by atoms with E-state index in [1.807, 2.05) is 17.5 Å². The summed E-state index contributed by atoms with van der Waals surface area (Å²) in [5.74, 6) is 2.80. The first-order chi connectivity index (χ1) is 5.77. The van der Waals surface area contributed by atoms with Gasteiger partial charge in [0.25, 0.3) is 0 Å². The van der Waals surface area contributed by atoms with Crippen LogP contribution in [0.25, 0.3) is 0 Å². The lowest BCUT2D eigenvalue weighted by Gasteiger charge is -2.19. The van der Waals surface area contributed by atoms with Crippen molar-refractivity contribution in [3.8, 4) is 12.3 Å². The van der Waals surface area contributed by atoms with Gasteiger partial charge in [-0.05, 0) is 24.3 Å². The minimum atomic E-state index is -0.978. The monoisotopic (exact) mass is 178 g/mol. The predicted octanol–water partition coefficient (Wildman–Crippen LogP) is 1.98. The Balaban J connectivity index is 2.35. The third-order valence-corrected chi connectivity index (χ3v) is 3.28. The lowest BCUT2D eigenvalue weighted by atomic mass is 9.97. The van der Waals surface area contributed by atoms with Crippen molar-refractivity contribution in [3.63, 3.8) is 0 Å². The van der Waals surface area contributed by atoms with E-state index in [2.05, 4.69) is 5.92 Å². The fraction of sp³-hybridized carbons (Fsp3) is 0.400. The molecule has 0 radical (unpaired) electrons. The van der Waals surface area contributed by atoms with E-state index in [4.69, 9.17) is 6.42 Å². The molecule has 12 heavy (non-hydrogen) atoms. The number of hydrogen-bond donors (Lipinski definition) is 1. The van der Waals surface area contributed by atoms with E-state index in [1.165, 1.54) is 11.3 Å². The predicted molar refractivity (Wildman–Crippen MR) is 49.8 cm³/mol. The molecule has 1 heterocycles. The second-order valence-electron chi connectivity index (χ2n) is 3.16. The van der Waals surface area contributed by atoms with Crippen molar-refractivity contribution in [2.45, 2.75) is 18.4 Å². The maximum atomic E-state index is 10.1. The summed E-state index contributed by atoms with van der Waals surface area (Å²) in [6, 6.07) is 3.83. The molecule has 1 aliphatic carbocycles. The van der Waals surface area contributed by atoms with Gasteiger partial charge in [-0.1, -0.05) is 12.0 Å². The maximum absolute atomic E-state index is 10.1. The number of thiophene rings is 1. The first-order valence-corrected chi connectivity index (χ1v) is 4.89. The van der Waals surface area contributed by atoms with Crippen LogP contribution in [0.4, 0.5) is 0 Å². The van der Waals surface area contributed by atoms with Crippen LogP contribution in [0, 0.1) is 18.3 Å². The van der Waals surface area contributed by atoms with E-state index in [1.54, 1.807) is 0 Å².